The standard InChI is InChI=1S/C41H46N6O7S/c1-24-21-40(2,3)46(6)33-19-35-31(17-28(24)33)37(27-13-12-25(16-30(27)39(49)50)38(48)43-14-10-8-9-11-15-44-45-42)32-18-29-26(23-55(51,52)53)22-41(4,5)47(7)34(29)20-36(32)54-35/h12-13,16-22H,8-11,14-15,23H2,1-7H3,(H2-,43,48,49,50,51,52,53)/p+1. The fraction of sp³-hybridized carbons (Fsp3) is 0.390. The van der Waals surface area contributed by atoms with E-state index >= 15 is 0 Å². The summed E-state index contributed by atoms with van der Waals surface area (Å²) in [6, 6.07) is 12.3. The molecule has 0 fully saturated rings. The van der Waals surface area contributed by atoms with Gasteiger partial charge in [0.05, 0.1) is 17.2 Å². The molecule has 0 saturated carbocycles. The Hall–Kier alpha value is -5.43. The number of amides is 1. The summed E-state index contributed by atoms with van der Waals surface area (Å²) in [5, 5.41) is 18.7. The molecule has 0 aliphatic carbocycles. The second kappa shape index (κ2) is 14.7. The van der Waals surface area contributed by atoms with Gasteiger partial charge in [-0.1, -0.05) is 30.1 Å². The Morgan fingerprint density at radius 3 is 2.38 bits per heavy atom. The van der Waals surface area contributed by atoms with E-state index in [9.17, 15) is 27.7 Å². The number of carbonyl (C=O) groups excluding carboxylic acids is 1. The summed E-state index contributed by atoms with van der Waals surface area (Å²) in [6.07, 6.45) is 7.17. The van der Waals surface area contributed by atoms with Crippen molar-refractivity contribution in [3.8, 4) is 11.5 Å². The lowest BCUT2D eigenvalue weighted by atomic mass is 9.83. The number of rotatable bonds is 12. The number of anilines is 1. The smallest absolute Gasteiger partial charge is 0.336 e. The predicted molar refractivity (Wildman–Crippen MR) is 214 cm³/mol. The monoisotopic (exact) mass is 767 g/mol. The number of carboxylic acids is 1. The average Bonchev–Trinajstić information content (AvgIpc) is 3.10. The second-order valence-corrected chi connectivity index (χ2v) is 17.0. The number of carbonyl (C=O) groups is 2. The molecule has 3 heterocycles. The Morgan fingerprint density at radius 2 is 1.69 bits per heavy atom. The van der Waals surface area contributed by atoms with Gasteiger partial charge in [-0.05, 0) is 86.2 Å². The molecular formula is C41H47N6O7S+. The van der Waals surface area contributed by atoms with Crippen molar-refractivity contribution in [3.63, 3.8) is 0 Å². The fourth-order valence-electron chi connectivity index (χ4n) is 7.71. The van der Waals surface area contributed by atoms with Crippen LogP contribution < -0.4 is 30.1 Å². The molecule has 3 aromatic carbocycles. The van der Waals surface area contributed by atoms with Crippen LogP contribution in [0.3, 0.4) is 0 Å². The van der Waals surface area contributed by atoms with E-state index in [0.717, 1.165) is 35.8 Å². The Kier molecular flexibility index (Phi) is 10.5. The highest BCUT2D eigenvalue weighted by Crippen LogP contribution is 2.46. The minimum atomic E-state index is -4.41. The van der Waals surface area contributed by atoms with E-state index in [1.54, 1.807) is 12.1 Å². The minimum absolute atomic E-state index is 0.0904. The summed E-state index contributed by atoms with van der Waals surface area (Å²) in [5.41, 5.74) is 12.7. The first kappa shape index (κ1) is 39.3. The average molecular weight is 768 g/mol. The third-order valence-corrected chi connectivity index (χ3v) is 11.6. The summed E-state index contributed by atoms with van der Waals surface area (Å²) in [6.45, 7) is 11.0. The quantitative estimate of drug-likeness (QED) is 0.0383. The van der Waals surface area contributed by atoms with Gasteiger partial charge in [0, 0.05) is 83.7 Å². The first-order valence-corrected chi connectivity index (χ1v) is 19.9. The lowest BCUT2D eigenvalue weighted by Crippen LogP contribution is -2.47. The summed E-state index contributed by atoms with van der Waals surface area (Å²) in [4.78, 5) is 31.1. The van der Waals surface area contributed by atoms with Crippen molar-refractivity contribution < 1.29 is 32.4 Å². The number of nitrogens with zero attached hydrogens (tertiary/aromatic N) is 5. The normalized spacial score (nSPS) is 16.3. The van der Waals surface area contributed by atoms with Gasteiger partial charge in [-0.15, -0.1) is 0 Å². The van der Waals surface area contributed by atoms with Crippen molar-refractivity contribution >= 4 is 44.4 Å². The van der Waals surface area contributed by atoms with Crippen molar-refractivity contribution in [2.75, 3.05) is 37.8 Å². The maximum Gasteiger partial charge on any atom is 0.336 e. The van der Waals surface area contributed by atoms with Crippen LogP contribution in [0.25, 0.3) is 27.2 Å². The van der Waals surface area contributed by atoms with E-state index in [4.69, 9.17) is 10.3 Å². The number of nitrogens with one attached hydrogen (secondary N) is 1. The Bertz CT molecular complexity index is 2500. The highest BCUT2D eigenvalue weighted by molar-refractivity contribution is 7.86. The molecule has 3 aliphatic rings. The van der Waals surface area contributed by atoms with E-state index in [-0.39, 0.29) is 16.7 Å². The van der Waals surface area contributed by atoms with Gasteiger partial charge in [0.25, 0.3) is 16.0 Å². The van der Waals surface area contributed by atoms with Gasteiger partial charge in [-0.25, -0.2) is 9.37 Å². The third kappa shape index (κ3) is 7.75. The van der Waals surface area contributed by atoms with Crippen molar-refractivity contribution in [2.24, 2.45) is 5.11 Å². The number of azide groups is 1. The van der Waals surface area contributed by atoms with E-state index in [0.29, 0.717) is 69.8 Å². The van der Waals surface area contributed by atoms with Crippen LogP contribution in [0, 0.1) is 0 Å². The van der Waals surface area contributed by atoms with Crippen molar-refractivity contribution in [1.82, 2.24) is 9.89 Å². The number of likely N-dealkylation sites (N-methyl/N-ethyl adjacent to an activating group) is 2. The Balaban J connectivity index is 1.54. The molecule has 0 spiro atoms. The molecule has 3 aliphatic heterocycles. The molecule has 14 heteroatoms. The number of unbranched alkanes of at least 4 members (excludes halogenated alkanes) is 3. The summed E-state index contributed by atoms with van der Waals surface area (Å²) >= 11 is 0. The zero-order valence-electron chi connectivity index (χ0n) is 32.2. The fourth-order valence-corrected chi connectivity index (χ4v) is 8.34. The maximum absolute atomic E-state index is 13.3. The van der Waals surface area contributed by atoms with Crippen molar-refractivity contribution in [3.05, 3.63) is 109 Å². The molecule has 13 nitrogen and oxygen atoms in total. The van der Waals surface area contributed by atoms with Gasteiger partial charge >= 0.3 is 5.97 Å². The molecule has 1 amide bonds. The van der Waals surface area contributed by atoms with E-state index in [1.807, 2.05) is 70.1 Å². The molecule has 288 valence electrons. The summed E-state index contributed by atoms with van der Waals surface area (Å²) in [5.74, 6) is -1.28. The number of hydrogen-bond donors (Lipinski definition) is 3. The second-order valence-electron chi connectivity index (χ2n) is 15.5. The lowest BCUT2D eigenvalue weighted by molar-refractivity contribution is 0.0696. The molecule has 55 heavy (non-hydrogen) atoms. The molecule has 0 atom stereocenters. The van der Waals surface area contributed by atoms with Gasteiger partial charge in [0.15, 0.2) is 5.54 Å². The summed E-state index contributed by atoms with van der Waals surface area (Å²) in [7, 11) is -0.499. The topological polar surface area (TPSA) is 185 Å². The molecule has 0 radical (unpaired) electrons. The SMILES string of the molecule is CC1=CC(C)(C)[N+](C)=c2cc3c(cc21)=C(c1ccc(C(=O)NCCCCCCN=[N+]=[N-])cc1C(=O)O)c1cc2c(cc1O3)N(C)C(C)(C)C=C2CS(=O)(=O)O. The number of aromatic carboxylic acids is 1. The number of benzene rings is 3. The maximum atomic E-state index is 13.3. The van der Waals surface area contributed by atoms with Gasteiger partial charge in [-0.3, -0.25) is 9.35 Å². The van der Waals surface area contributed by atoms with Crippen molar-refractivity contribution in [2.45, 2.75) is 71.4 Å². The highest BCUT2D eigenvalue weighted by atomic mass is 32.2. The largest absolute Gasteiger partial charge is 0.478 e. The van der Waals surface area contributed by atoms with Crippen LogP contribution in [0.2, 0.25) is 0 Å². The highest BCUT2D eigenvalue weighted by Gasteiger charge is 2.36. The lowest BCUT2D eigenvalue weighted by Gasteiger charge is -2.41. The number of hydrogen-bond acceptors (Lipinski definition) is 7. The van der Waals surface area contributed by atoms with Crippen LogP contribution in [-0.2, 0) is 10.1 Å². The van der Waals surface area contributed by atoms with Crippen LogP contribution in [0.15, 0.2) is 59.7 Å². The number of ether oxygens (including phenoxy) is 1. The number of fused-ring (bicyclic) bond motifs is 4. The first-order valence-electron chi connectivity index (χ1n) is 18.3. The Morgan fingerprint density at radius 1 is 0.964 bits per heavy atom. The molecular weight excluding hydrogens is 721 g/mol. The molecule has 0 unspecified atom stereocenters. The van der Waals surface area contributed by atoms with Crippen LogP contribution >= 0.6 is 0 Å². The predicted octanol–water partition coefficient (Wildman–Crippen LogP) is 6.15. The van der Waals surface area contributed by atoms with Gasteiger partial charge in [-0.2, -0.15) is 8.42 Å². The first-order chi connectivity index (χ1) is 25.8. The van der Waals surface area contributed by atoms with Crippen LogP contribution in [0.4, 0.5) is 5.69 Å². The van der Waals surface area contributed by atoms with Crippen LogP contribution in [0.1, 0.15) is 103 Å². The molecule has 3 N–H and O–H groups in total. The van der Waals surface area contributed by atoms with E-state index < -0.39 is 33.3 Å². The van der Waals surface area contributed by atoms with Crippen LogP contribution in [0.5, 0.6) is 11.5 Å². The van der Waals surface area contributed by atoms with Crippen molar-refractivity contribution in [1.29, 1.82) is 0 Å². The zero-order chi connectivity index (χ0) is 40.0. The van der Waals surface area contributed by atoms with Crippen LogP contribution in [-0.4, -0.2) is 74.0 Å². The summed E-state index contributed by atoms with van der Waals surface area (Å²) < 4.78 is 43.4. The third-order valence-electron chi connectivity index (χ3n) is 10.9. The molecule has 3 aromatic rings. The van der Waals surface area contributed by atoms with Gasteiger partial charge in [0.1, 0.15) is 24.3 Å². The zero-order valence-corrected chi connectivity index (χ0v) is 33.0. The minimum Gasteiger partial charge on any atom is -0.478 e. The molecule has 6 rings (SSSR count). The molecule has 0 saturated heterocycles. The van der Waals surface area contributed by atoms with Gasteiger partial charge < -0.3 is 20.1 Å². The van der Waals surface area contributed by atoms with E-state index in [2.05, 4.69) is 39.8 Å². The Labute approximate surface area is 320 Å². The van der Waals surface area contributed by atoms with Gasteiger partial charge in [0.2, 0.25) is 5.36 Å². The molecule has 0 aromatic heterocycles. The van der Waals surface area contributed by atoms with E-state index in [1.165, 1.54) is 6.07 Å². The molecule has 0 bridgehead atoms. The number of allylic oxidation sites excluding steroid dienone is 1. The number of carboxylic acid groups (broad SMARTS) is 1.